The van der Waals surface area contributed by atoms with Gasteiger partial charge < -0.3 is 5.73 Å². The Labute approximate surface area is 89.2 Å². The Bertz CT molecular complexity index is 183. The van der Waals surface area contributed by atoms with Gasteiger partial charge in [-0.15, -0.1) is 0 Å². The summed E-state index contributed by atoms with van der Waals surface area (Å²) in [4.78, 5) is 0. The minimum Gasteiger partial charge on any atom is -0.327 e. The van der Waals surface area contributed by atoms with E-state index in [9.17, 15) is 13.2 Å². The lowest BCUT2D eigenvalue weighted by molar-refractivity contribution is -0.137. The zero-order valence-electron chi connectivity index (χ0n) is 9.19. The van der Waals surface area contributed by atoms with E-state index in [4.69, 9.17) is 5.73 Å². The first-order valence-corrected chi connectivity index (χ1v) is 5.71. The Kier molecular flexibility index (Phi) is 4.44. The summed E-state index contributed by atoms with van der Waals surface area (Å²) in [6.45, 7) is 2.19. The maximum Gasteiger partial charge on any atom is 0.389 e. The molecule has 1 saturated carbocycles. The highest BCUT2D eigenvalue weighted by atomic mass is 19.4. The second-order valence-electron chi connectivity index (χ2n) is 4.84. The van der Waals surface area contributed by atoms with Gasteiger partial charge in [-0.2, -0.15) is 13.2 Å². The average Bonchev–Trinajstić information content (AvgIpc) is 2.14. The van der Waals surface area contributed by atoms with E-state index in [1.54, 1.807) is 0 Å². The van der Waals surface area contributed by atoms with Crippen molar-refractivity contribution in [3.63, 3.8) is 0 Å². The normalized spacial score (nSPS) is 30.2. The van der Waals surface area contributed by atoms with E-state index in [1.165, 1.54) is 0 Å². The monoisotopic (exact) mass is 223 g/mol. The van der Waals surface area contributed by atoms with Crippen molar-refractivity contribution in [3.05, 3.63) is 0 Å². The summed E-state index contributed by atoms with van der Waals surface area (Å²) < 4.78 is 36.0. The molecule has 1 unspecified atom stereocenters. The highest BCUT2D eigenvalue weighted by Gasteiger charge is 2.30. The SMILES string of the molecule is CC1CCC(C(N)CCC(F)(F)F)CC1. The Hall–Kier alpha value is -0.250. The van der Waals surface area contributed by atoms with Gasteiger partial charge in [-0.3, -0.25) is 0 Å². The van der Waals surface area contributed by atoms with Gasteiger partial charge in [-0.1, -0.05) is 19.8 Å². The summed E-state index contributed by atoms with van der Waals surface area (Å²) >= 11 is 0. The van der Waals surface area contributed by atoms with Crippen LogP contribution in [-0.2, 0) is 0 Å². The van der Waals surface area contributed by atoms with Gasteiger partial charge in [-0.05, 0) is 31.1 Å². The van der Waals surface area contributed by atoms with E-state index < -0.39 is 12.6 Å². The molecule has 1 aliphatic rings. The van der Waals surface area contributed by atoms with E-state index in [2.05, 4.69) is 6.92 Å². The standard InChI is InChI=1S/C11H20F3N/c1-8-2-4-9(5-3-8)10(15)6-7-11(12,13)14/h8-10H,2-7,15H2,1H3. The first-order chi connectivity index (χ1) is 6.88. The molecule has 15 heavy (non-hydrogen) atoms. The Morgan fingerprint density at radius 1 is 1.20 bits per heavy atom. The Morgan fingerprint density at radius 2 is 1.73 bits per heavy atom. The lowest BCUT2D eigenvalue weighted by atomic mass is 9.78. The van der Waals surface area contributed by atoms with Gasteiger partial charge in [0.25, 0.3) is 0 Å². The second-order valence-corrected chi connectivity index (χ2v) is 4.84. The fourth-order valence-electron chi connectivity index (χ4n) is 2.28. The van der Waals surface area contributed by atoms with Gasteiger partial charge in [0, 0.05) is 12.5 Å². The largest absolute Gasteiger partial charge is 0.389 e. The molecule has 0 aromatic carbocycles. The molecule has 0 amide bonds. The molecular formula is C11H20F3N. The fraction of sp³-hybridized carbons (Fsp3) is 1.00. The van der Waals surface area contributed by atoms with Crippen molar-refractivity contribution in [2.45, 2.75) is 57.7 Å². The summed E-state index contributed by atoms with van der Waals surface area (Å²) in [5.41, 5.74) is 5.80. The van der Waals surface area contributed by atoms with Gasteiger partial charge in [0.15, 0.2) is 0 Å². The number of nitrogens with two attached hydrogens (primary N) is 1. The quantitative estimate of drug-likeness (QED) is 0.778. The number of alkyl halides is 3. The maximum atomic E-state index is 12.0. The molecule has 0 aromatic rings. The van der Waals surface area contributed by atoms with E-state index in [0.29, 0.717) is 5.92 Å². The van der Waals surface area contributed by atoms with Crippen molar-refractivity contribution in [1.82, 2.24) is 0 Å². The average molecular weight is 223 g/mol. The molecule has 0 radical (unpaired) electrons. The van der Waals surface area contributed by atoms with Crippen molar-refractivity contribution in [2.24, 2.45) is 17.6 Å². The van der Waals surface area contributed by atoms with Gasteiger partial charge >= 0.3 is 6.18 Å². The Balaban J connectivity index is 2.25. The molecule has 0 bridgehead atoms. The number of hydrogen-bond acceptors (Lipinski definition) is 1. The summed E-state index contributed by atoms with van der Waals surface area (Å²) in [5, 5.41) is 0. The van der Waals surface area contributed by atoms with Crippen LogP contribution in [0.5, 0.6) is 0 Å². The van der Waals surface area contributed by atoms with Crippen LogP contribution in [0.2, 0.25) is 0 Å². The highest BCUT2D eigenvalue weighted by Crippen LogP contribution is 2.32. The van der Waals surface area contributed by atoms with Crippen LogP contribution < -0.4 is 5.73 Å². The van der Waals surface area contributed by atoms with Gasteiger partial charge in [0.05, 0.1) is 0 Å². The van der Waals surface area contributed by atoms with Crippen LogP contribution in [0.3, 0.4) is 0 Å². The minimum atomic E-state index is -4.06. The van der Waals surface area contributed by atoms with Crippen LogP contribution in [0.1, 0.15) is 45.4 Å². The van der Waals surface area contributed by atoms with Crippen LogP contribution in [0.15, 0.2) is 0 Å². The summed E-state index contributed by atoms with van der Waals surface area (Å²) in [6.07, 6.45) is -0.475. The second kappa shape index (κ2) is 5.19. The topological polar surface area (TPSA) is 26.0 Å². The molecular weight excluding hydrogens is 203 g/mol. The summed E-state index contributed by atoms with van der Waals surface area (Å²) in [5.74, 6) is 1.03. The molecule has 0 aromatic heterocycles. The molecule has 2 N–H and O–H groups in total. The van der Waals surface area contributed by atoms with Gasteiger partial charge in [0.2, 0.25) is 0 Å². The first kappa shape index (κ1) is 12.8. The van der Waals surface area contributed by atoms with E-state index >= 15 is 0 Å². The lowest BCUT2D eigenvalue weighted by Gasteiger charge is -2.30. The van der Waals surface area contributed by atoms with Crippen molar-refractivity contribution in [2.75, 3.05) is 0 Å². The summed E-state index contributed by atoms with van der Waals surface area (Å²) in [7, 11) is 0. The van der Waals surface area contributed by atoms with Crippen LogP contribution in [0.4, 0.5) is 13.2 Å². The molecule has 1 atom stereocenters. The molecule has 1 rings (SSSR count). The molecule has 1 fully saturated rings. The first-order valence-electron chi connectivity index (χ1n) is 5.71. The summed E-state index contributed by atoms with van der Waals surface area (Å²) in [6, 6.07) is -0.265. The smallest absolute Gasteiger partial charge is 0.327 e. The molecule has 0 aliphatic heterocycles. The van der Waals surface area contributed by atoms with E-state index in [1.807, 2.05) is 0 Å². The van der Waals surface area contributed by atoms with Crippen molar-refractivity contribution in [3.8, 4) is 0 Å². The molecule has 0 heterocycles. The third-order valence-electron chi connectivity index (χ3n) is 3.43. The zero-order chi connectivity index (χ0) is 11.5. The number of rotatable bonds is 3. The van der Waals surface area contributed by atoms with Gasteiger partial charge in [-0.25, -0.2) is 0 Å². The lowest BCUT2D eigenvalue weighted by Crippen LogP contribution is -2.33. The number of halogens is 3. The van der Waals surface area contributed by atoms with Crippen LogP contribution in [0, 0.1) is 11.8 Å². The zero-order valence-corrected chi connectivity index (χ0v) is 9.19. The minimum absolute atomic E-state index is 0.0859. The maximum absolute atomic E-state index is 12.0. The third-order valence-corrected chi connectivity index (χ3v) is 3.43. The molecule has 1 nitrogen and oxygen atoms in total. The van der Waals surface area contributed by atoms with Gasteiger partial charge in [0.1, 0.15) is 0 Å². The van der Waals surface area contributed by atoms with Crippen molar-refractivity contribution < 1.29 is 13.2 Å². The Morgan fingerprint density at radius 3 is 2.20 bits per heavy atom. The predicted molar refractivity (Wildman–Crippen MR) is 54.4 cm³/mol. The van der Waals surface area contributed by atoms with E-state index in [-0.39, 0.29) is 12.5 Å². The third kappa shape index (κ3) is 4.87. The van der Waals surface area contributed by atoms with Crippen LogP contribution >= 0.6 is 0 Å². The van der Waals surface area contributed by atoms with Crippen molar-refractivity contribution in [1.29, 1.82) is 0 Å². The van der Waals surface area contributed by atoms with Crippen LogP contribution in [0.25, 0.3) is 0 Å². The predicted octanol–water partition coefficient (Wildman–Crippen LogP) is 3.48. The van der Waals surface area contributed by atoms with Crippen molar-refractivity contribution >= 4 is 0 Å². The van der Waals surface area contributed by atoms with Crippen LogP contribution in [-0.4, -0.2) is 12.2 Å². The number of hydrogen-bond donors (Lipinski definition) is 1. The fourth-order valence-corrected chi connectivity index (χ4v) is 2.28. The van der Waals surface area contributed by atoms with E-state index in [0.717, 1.165) is 31.6 Å². The molecule has 90 valence electrons. The molecule has 0 spiro atoms. The highest BCUT2D eigenvalue weighted by molar-refractivity contribution is 4.79. The molecule has 1 aliphatic carbocycles. The molecule has 4 heteroatoms. The molecule has 0 saturated heterocycles.